The maximum absolute atomic E-state index is 12.4. The molecule has 0 atom stereocenters. The summed E-state index contributed by atoms with van der Waals surface area (Å²) in [5, 5.41) is 7.07. The Labute approximate surface area is 166 Å². The van der Waals surface area contributed by atoms with Crippen LogP contribution < -0.4 is 5.32 Å². The van der Waals surface area contributed by atoms with Gasteiger partial charge in [-0.05, 0) is 23.8 Å². The molecule has 6 nitrogen and oxygen atoms in total. The minimum atomic E-state index is -0.677. The highest BCUT2D eigenvalue weighted by Gasteiger charge is 2.15. The SMILES string of the molecule is CC(=O)N/C(=C\c1ccccc1)C(=O)OCc1cc(-c2ccc(Cl)cc2)no1. The highest BCUT2D eigenvalue weighted by Crippen LogP contribution is 2.21. The standard InChI is InChI=1S/C21H17ClN2O4/c1-14(25)23-20(11-15-5-3-2-4-6-15)21(26)27-13-18-12-19(24-28-18)16-7-9-17(22)10-8-16/h2-12H,13H2,1H3,(H,23,25)/b20-11-. The van der Waals surface area contributed by atoms with E-state index >= 15 is 0 Å². The van der Waals surface area contributed by atoms with Crippen molar-refractivity contribution in [3.05, 3.63) is 82.7 Å². The first kappa shape index (κ1) is 19.4. The molecule has 0 spiro atoms. The molecule has 1 N–H and O–H groups in total. The zero-order chi connectivity index (χ0) is 19.9. The van der Waals surface area contributed by atoms with Crippen LogP contribution in [0.5, 0.6) is 0 Å². The highest BCUT2D eigenvalue weighted by atomic mass is 35.5. The van der Waals surface area contributed by atoms with Crippen molar-refractivity contribution in [1.82, 2.24) is 10.5 Å². The molecule has 0 aliphatic carbocycles. The van der Waals surface area contributed by atoms with E-state index in [9.17, 15) is 9.59 Å². The van der Waals surface area contributed by atoms with Crippen LogP contribution in [0.15, 0.2) is 70.9 Å². The predicted octanol–water partition coefficient (Wildman–Crippen LogP) is 4.22. The number of halogens is 1. The van der Waals surface area contributed by atoms with Gasteiger partial charge in [-0.1, -0.05) is 59.2 Å². The number of carbonyl (C=O) groups excluding carboxylic acids is 2. The quantitative estimate of drug-likeness (QED) is 0.498. The fourth-order valence-corrected chi connectivity index (χ4v) is 2.53. The van der Waals surface area contributed by atoms with E-state index in [1.807, 2.05) is 42.5 Å². The maximum Gasteiger partial charge on any atom is 0.355 e. The molecule has 142 valence electrons. The van der Waals surface area contributed by atoms with Crippen LogP contribution in [-0.4, -0.2) is 17.0 Å². The Hall–Kier alpha value is -3.38. The monoisotopic (exact) mass is 396 g/mol. The van der Waals surface area contributed by atoms with Gasteiger partial charge in [-0.25, -0.2) is 4.79 Å². The van der Waals surface area contributed by atoms with Crippen LogP contribution in [0.2, 0.25) is 5.02 Å². The number of benzene rings is 2. The molecular formula is C21H17ClN2O4. The molecule has 28 heavy (non-hydrogen) atoms. The number of nitrogens with one attached hydrogen (secondary N) is 1. The fraction of sp³-hybridized carbons (Fsp3) is 0.0952. The second-order valence-corrected chi connectivity index (χ2v) is 6.35. The molecule has 3 rings (SSSR count). The summed E-state index contributed by atoms with van der Waals surface area (Å²) in [4.78, 5) is 23.8. The van der Waals surface area contributed by atoms with Crippen LogP contribution in [0.25, 0.3) is 17.3 Å². The largest absolute Gasteiger partial charge is 0.453 e. The number of hydrogen-bond acceptors (Lipinski definition) is 5. The third kappa shape index (κ3) is 5.31. The summed E-state index contributed by atoms with van der Waals surface area (Å²) >= 11 is 5.88. The number of esters is 1. The van der Waals surface area contributed by atoms with Gasteiger partial charge in [0.15, 0.2) is 12.4 Å². The third-order valence-corrected chi connectivity index (χ3v) is 3.94. The van der Waals surface area contributed by atoms with Crippen molar-refractivity contribution in [2.75, 3.05) is 0 Å². The third-order valence-electron chi connectivity index (χ3n) is 3.69. The van der Waals surface area contributed by atoms with E-state index in [1.54, 1.807) is 24.3 Å². The molecule has 0 radical (unpaired) electrons. The van der Waals surface area contributed by atoms with Crippen LogP contribution in [-0.2, 0) is 20.9 Å². The van der Waals surface area contributed by atoms with Crippen LogP contribution >= 0.6 is 11.6 Å². The number of hydrogen-bond donors (Lipinski definition) is 1. The molecule has 1 amide bonds. The normalized spacial score (nSPS) is 11.1. The number of amides is 1. The van der Waals surface area contributed by atoms with E-state index in [-0.39, 0.29) is 18.2 Å². The second kappa shape index (κ2) is 9.01. The lowest BCUT2D eigenvalue weighted by Crippen LogP contribution is -2.26. The molecule has 0 aliphatic rings. The molecule has 0 saturated heterocycles. The Balaban J connectivity index is 1.68. The van der Waals surface area contributed by atoms with Crippen molar-refractivity contribution in [2.45, 2.75) is 13.5 Å². The van der Waals surface area contributed by atoms with E-state index < -0.39 is 5.97 Å². The van der Waals surface area contributed by atoms with Crippen LogP contribution in [0.4, 0.5) is 0 Å². The van der Waals surface area contributed by atoms with Crippen molar-refractivity contribution in [1.29, 1.82) is 0 Å². The lowest BCUT2D eigenvalue weighted by Gasteiger charge is -2.08. The summed E-state index contributed by atoms with van der Waals surface area (Å²) in [6.07, 6.45) is 1.54. The van der Waals surface area contributed by atoms with E-state index in [1.165, 1.54) is 6.92 Å². The average Bonchev–Trinajstić information content (AvgIpc) is 3.15. The topological polar surface area (TPSA) is 81.4 Å². The Kier molecular flexibility index (Phi) is 6.24. The number of aromatic nitrogens is 1. The van der Waals surface area contributed by atoms with Gasteiger partial charge in [0, 0.05) is 23.6 Å². The van der Waals surface area contributed by atoms with Crippen LogP contribution in [0, 0.1) is 0 Å². The Morgan fingerprint density at radius 2 is 1.86 bits per heavy atom. The van der Waals surface area contributed by atoms with Gasteiger partial charge in [-0.2, -0.15) is 0 Å². The highest BCUT2D eigenvalue weighted by molar-refractivity contribution is 6.30. The van der Waals surface area contributed by atoms with Crippen molar-refractivity contribution < 1.29 is 18.8 Å². The minimum Gasteiger partial charge on any atom is -0.453 e. The lowest BCUT2D eigenvalue weighted by molar-refractivity contribution is -0.142. The summed E-state index contributed by atoms with van der Waals surface area (Å²) in [5.74, 6) is -0.674. The smallest absolute Gasteiger partial charge is 0.355 e. The maximum atomic E-state index is 12.4. The summed E-state index contributed by atoms with van der Waals surface area (Å²) in [6, 6.07) is 17.9. The second-order valence-electron chi connectivity index (χ2n) is 5.91. The number of ether oxygens (including phenoxy) is 1. The van der Waals surface area contributed by atoms with Gasteiger partial charge in [-0.3, -0.25) is 4.79 Å². The van der Waals surface area contributed by atoms with E-state index in [0.29, 0.717) is 16.5 Å². The first-order valence-electron chi connectivity index (χ1n) is 8.44. The van der Waals surface area contributed by atoms with Crippen molar-refractivity contribution >= 4 is 29.6 Å². The van der Waals surface area contributed by atoms with E-state index in [2.05, 4.69) is 10.5 Å². The van der Waals surface area contributed by atoms with Gasteiger partial charge in [0.1, 0.15) is 11.4 Å². The molecule has 0 fully saturated rings. The molecule has 0 unspecified atom stereocenters. The molecule has 1 aromatic heterocycles. The number of carbonyl (C=O) groups is 2. The molecular weight excluding hydrogens is 380 g/mol. The van der Waals surface area contributed by atoms with Crippen molar-refractivity contribution in [3.63, 3.8) is 0 Å². The summed E-state index contributed by atoms with van der Waals surface area (Å²) in [7, 11) is 0. The minimum absolute atomic E-state index is 0.0381. The Bertz CT molecular complexity index is 995. The first-order chi connectivity index (χ1) is 13.5. The molecule has 2 aromatic carbocycles. The summed E-state index contributed by atoms with van der Waals surface area (Å²) in [6.45, 7) is 1.20. The van der Waals surface area contributed by atoms with Gasteiger partial charge >= 0.3 is 5.97 Å². The van der Waals surface area contributed by atoms with Crippen LogP contribution in [0.1, 0.15) is 18.2 Å². The Morgan fingerprint density at radius 3 is 2.54 bits per heavy atom. The fourth-order valence-electron chi connectivity index (χ4n) is 2.40. The molecule has 0 aliphatic heterocycles. The van der Waals surface area contributed by atoms with E-state index in [0.717, 1.165) is 11.1 Å². The number of nitrogens with zero attached hydrogens (tertiary/aromatic N) is 1. The van der Waals surface area contributed by atoms with Gasteiger partial charge in [-0.15, -0.1) is 0 Å². The van der Waals surface area contributed by atoms with Crippen molar-refractivity contribution in [3.8, 4) is 11.3 Å². The predicted molar refractivity (Wildman–Crippen MR) is 105 cm³/mol. The molecule has 3 aromatic rings. The summed E-state index contributed by atoms with van der Waals surface area (Å²) in [5.41, 5.74) is 2.22. The van der Waals surface area contributed by atoms with Crippen LogP contribution in [0.3, 0.4) is 0 Å². The number of rotatable bonds is 6. The zero-order valence-corrected chi connectivity index (χ0v) is 15.8. The zero-order valence-electron chi connectivity index (χ0n) is 15.0. The molecule has 0 saturated carbocycles. The molecule has 7 heteroatoms. The van der Waals surface area contributed by atoms with Gasteiger partial charge in [0.2, 0.25) is 5.91 Å². The Morgan fingerprint density at radius 1 is 1.14 bits per heavy atom. The summed E-state index contributed by atoms with van der Waals surface area (Å²) < 4.78 is 10.5. The van der Waals surface area contributed by atoms with E-state index in [4.69, 9.17) is 20.9 Å². The average molecular weight is 397 g/mol. The van der Waals surface area contributed by atoms with Gasteiger partial charge in [0.25, 0.3) is 0 Å². The van der Waals surface area contributed by atoms with Gasteiger partial charge < -0.3 is 14.6 Å². The van der Waals surface area contributed by atoms with Gasteiger partial charge in [0.05, 0.1) is 0 Å². The molecule has 1 heterocycles. The molecule has 0 bridgehead atoms. The van der Waals surface area contributed by atoms with Crippen molar-refractivity contribution in [2.24, 2.45) is 0 Å². The lowest BCUT2D eigenvalue weighted by atomic mass is 10.1. The first-order valence-corrected chi connectivity index (χ1v) is 8.82.